The zero-order chi connectivity index (χ0) is 14.8. The highest BCUT2D eigenvalue weighted by Gasteiger charge is 2.18. The Balaban J connectivity index is 2.30. The summed E-state index contributed by atoms with van der Waals surface area (Å²) >= 11 is 1.22. The van der Waals surface area contributed by atoms with Crippen molar-refractivity contribution in [2.45, 2.75) is 31.0 Å². The molecule has 0 fully saturated rings. The maximum Gasteiger partial charge on any atom is 0.271 e. The van der Waals surface area contributed by atoms with E-state index >= 15 is 0 Å². The summed E-state index contributed by atoms with van der Waals surface area (Å²) in [5.41, 5.74) is 8.19. The number of nitrogens with one attached hydrogen (secondary N) is 1. The zero-order valence-corrected chi connectivity index (χ0v) is 13.1. The SMILES string of the molecule is CCc1cccc(NS(=O)(=O)c2cc(C)c(CN)s2)c1. The Hall–Kier alpha value is -1.37. The van der Waals surface area contributed by atoms with Gasteiger partial charge in [-0.15, -0.1) is 11.3 Å². The fourth-order valence-electron chi connectivity index (χ4n) is 1.88. The van der Waals surface area contributed by atoms with Gasteiger partial charge in [-0.05, 0) is 42.7 Å². The molecule has 0 saturated carbocycles. The number of rotatable bonds is 5. The fraction of sp³-hybridized carbons (Fsp3) is 0.286. The standard InChI is InChI=1S/C14H18N2O2S2/c1-3-11-5-4-6-12(8-11)16-20(17,18)14-7-10(2)13(9-15)19-14/h4-8,16H,3,9,15H2,1-2H3. The van der Waals surface area contributed by atoms with Gasteiger partial charge < -0.3 is 5.73 Å². The highest BCUT2D eigenvalue weighted by Crippen LogP contribution is 2.27. The first-order valence-electron chi connectivity index (χ1n) is 6.37. The number of benzene rings is 1. The topological polar surface area (TPSA) is 72.2 Å². The molecule has 1 aromatic carbocycles. The predicted octanol–water partition coefficient (Wildman–Crippen LogP) is 2.88. The monoisotopic (exact) mass is 310 g/mol. The van der Waals surface area contributed by atoms with Gasteiger partial charge >= 0.3 is 0 Å². The van der Waals surface area contributed by atoms with Crippen molar-refractivity contribution < 1.29 is 8.42 Å². The number of thiophene rings is 1. The van der Waals surface area contributed by atoms with Gasteiger partial charge in [0.1, 0.15) is 4.21 Å². The molecule has 20 heavy (non-hydrogen) atoms. The van der Waals surface area contributed by atoms with Gasteiger partial charge in [0.15, 0.2) is 0 Å². The molecule has 6 heteroatoms. The average Bonchev–Trinajstić information content (AvgIpc) is 2.80. The lowest BCUT2D eigenvalue weighted by molar-refractivity contribution is 0.603. The molecule has 0 bridgehead atoms. The number of sulfonamides is 1. The van der Waals surface area contributed by atoms with Crippen LogP contribution in [0.2, 0.25) is 0 Å². The van der Waals surface area contributed by atoms with Crippen molar-refractivity contribution in [3.63, 3.8) is 0 Å². The van der Waals surface area contributed by atoms with Crippen molar-refractivity contribution in [1.29, 1.82) is 0 Å². The average molecular weight is 310 g/mol. The van der Waals surface area contributed by atoms with Crippen LogP contribution in [0.5, 0.6) is 0 Å². The minimum atomic E-state index is -3.54. The van der Waals surface area contributed by atoms with Crippen LogP contribution in [-0.4, -0.2) is 8.42 Å². The van der Waals surface area contributed by atoms with Crippen molar-refractivity contribution >= 4 is 27.0 Å². The minimum Gasteiger partial charge on any atom is -0.326 e. The number of hydrogen-bond donors (Lipinski definition) is 2. The summed E-state index contributed by atoms with van der Waals surface area (Å²) < 4.78 is 27.6. The van der Waals surface area contributed by atoms with Crippen LogP contribution in [0.3, 0.4) is 0 Å². The van der Waals surface area contributed by atoms with E-state index in [1.807, 2.05) is 32.0 Å². The van der Waals surface area contributed by atoms with E-state index in [1.54, 1.807) is 12.1 Å². The Morgan fingerprint density at radius 2 is 2.05 bits per heavy atom. The first kappa shape index (κ1) is 15.0. The molecule has 0 aliphatic rings. The summed E-state index contributed by atoms with van der Waals surface area (Å²) in [6.45, 7) is 4.26. The molecular weight excluding hydrogens is 292 g/mol. The van der Waals surface area contributed by atoms with Crippen LogP contribution in [0.15, 0.2) is 34.5 Å². The van der Waals surface area contributed by atoms with Crippen molar-refractivity contribution in [2.24, 2.45) is 5.73 Å². The smallest absolute Gasteiger partial charge is 0.271 e. The maximum absolute atomic E-state index is 12.3. The van der Waals surface area contributed by atoms with Crippen LogP contribution in [-0.2, 0) is 23.0 Å². The van der Waals surface area contributed by atoms with E-state index < -0.39 is 10.0 Å². The summed E-state index contributed by atoms with van der Waals surface area (Å²) in [6, 6.07) is 9.09. The van der Waals surface area contributed by atoms with E-state index in [9.17, 15) is 8.42 Å². The molecule has 0 aliphatic carbocycles. The van der Waals surface area contributed by atoms with Crippen LogP contribution in [0, 0.1) is 6.92 Å². The molecule has 0 spiro atoms. The van der Waals surface area contributed by atoms with Gasteiger partial charge in [-0.3, -0.25) is 4.72 Å². The summed E-state index contributed by atoms with van der Waals surface area (Å²) in [4.78, 5) is 0.896. The van der Waals surface area contributed by atoms with E-state index in [4.69, 9.17) is 5.73 Å². The second kappa shape index (κ2) is 5.95. The van der Waals surface area contributed by atoms with Crippen LogP contribution in [0.4, 0.5) is 5.69 Å². The number of nitrogens with two attached hydrogens (primary N) is 1. The molecule has 1 heterocycles. The fourth-order valence-corrected chi connectivity index (χ4v) is 4.40. The Morgan fingerprint density at radius 3 is 2.65 bits per heavy atom. The van der Waals surface area contributed by atoms with Gasteiger partial charge in [0.2, 0.25) is 0 Å². The molecule has 0 unspecified atom stereocenters. The van der Waals surface area contributed by atoms with Gasteiger partial charge in [0.05, 0.1) is 0 Å². The zero-order valence-electron chi connectivity index (χ0n) is 11.5. The largest absolute Gasteiger partial charge is 0.326 e. The third-order valence-corrected chi connectivity index (χ3v) is 6.15. The van der Waals surface area contributed by atoms with Crippen molar-refractivity contribution in [2.75, 3.05) is 4.72 Å². The molecule has 0 saturated heterocycles. The third-order valence-electron chi connectivity index (χ3n) is 3.04. The molecule has 4 nitrogen and oxygen atoms in total. The van der Waals surface area contributed by atoms with Gasteiger partial charge in [0.25, 0.3) is 10.0 Å². The van der Waals surface area contributed by atoms with Crippen molar-refractivity contribution in [1.82, 2.24) is 0 Å². The first-order chi connectivity index (χ1) is 9.46. The van der Waals surface area contributed by atoms with Crippen LogP contribution >= 0.6 is 11.3 Å². The van der Waals surface area contributed by atoms with E-state index in [0.29, 0.717) is 16.4 Å². The molecule has 0 aliphatic heterocycles. The Kier molecular flexibility index (Phi) is 4.47. The van der Waals surface area contributed by atoms with Gasteiger partial charge in [-0.2, -0.15) is 0 Å². The molecule has 1 aromatic heterocycles. The lowest BCUT2D eigenvalue weighted by atomic mass is 10.1. The molecular formula is C14H18N2O2S2. The second-order valence-electron chi connectivity index (χ2n) is 4.54. The molecule has 0 radical (unpaired) electrons. The highest BCUT2D eigenvalue weighted by atomic mass is 32.2. The number of aryl methyl sites for hydroxylation is 2. The number of anilines is 1. The Bertz CT molecular complexity index is 706. The lowest BCUT2D eigenvalue weighted by Crippen LogP contribution is -2.11. The van der Waals surface area contributed by atoms with E-state index in [0.717, 1.165) is 22.4 Å². The first-order valence-corrected chi connectivity index (χ1v) is 8.67. The van der Waals surface area contributed by atoms with Crippen LogP contribution in [0.1, 0.15) is 22.9 Å². The second-order valence-corrected chi connectivity index (χ2v) is 7.58. The summed E-state index contributed by atoms with van der Waals surface area (Å²) in [5.74, 6) is 0. The van der Waals surface area contributed by atoms with E-state index in [2.05, 4.69) is 4.72 Å². The third kappa shape index (κ3) is 3.20. The van der Waals surface area contributed by atoms with Gasteiger partial charge in [-0.25, -0.2) is 8.42 Å². The van der Waals surface area contributed by atoms with Crippen LogP contribution < -0.4 is 10.5 Å². The number of hydrogen-bond acceptors (Lipinski definition) is 4. The van der Waals surface area contributed by atoms with Crippen LogP contribution in [0.25, 0.3) is 0 Å². The molecule has 3 N–H and O–H groups in total. The highest BCUT2D eigenvalue weighted by molar-refractivity contribution is 7.94. The Labute approximate surface area is 123 Å². The van der Waals surface area contributed by atoms with E-state index in [-0.39, 0.29) is 0 Å². The van der Waals surface area contributed by atoms with E-state index in [1.165, 1.54) is 11.3 Å². The molecule has 0 atom stereocenters. The van der Waals surface area contributed by atoms with Gasteiger partial charge in [-0.1, -0.05) is 19.1 Å². The predicted molar refractivity (Wildman–Crippen MR) is 83.6 cm³/mol. The summed E-state index contributed by atoms with van der Waals surface area (Å²) in [5, 5.41) is 0. The van der Waals surface area contributed by atoms with Crippen molar-refractivity contribution in [3.05, 3.63) is 46.3 Å². The van der Waals surface area contributed by atoms with Gasteiger partial charge in [0, 0.05) is 17.1 Å². The molecule has 108 valence electrons. The normalized spacial score (nSPS) is 11.6. The Morgan fingerprint density at radius 1 is 1.30 bits per heavy atom. The maximum atomic E-state index is 12.3. The minimum absolute atomic E-state index is 0.303. The summed E-state index contributed by atoms with van der Waals surface area (Å²) in [6.07, 6.45) is 0.866. The molecule has 0 amide bonds. The summed E-state index contributed by atoms with van der Waals surface area (Å²) in [7, 11) is -3.54. The quantitative estimate of drug-likeness (QED) is 0.892. The molecule has 2 aromatic rings. The molecule has 2 rings (SSSR count). The lowest BCUT2D eigenvalue weighted by Gasteiger charge is -2.07. The van der Waals surface area contributed by atoms with Crippen molar-refractivity contribution in [3.8, 4) is 0 Å².